The van der Waals surface area contributed by atoms with Crippen molar-refractivity contribution in [3.8, 4) is 0 Å². The predicted octanol–water partition coefficient (Wildman–Crippen LogP) is 1.69. The van der Waals surface area contributed by atoms with Crippen LogP contribution in [0.25, 0.3) is 0 Å². The molecular formula is C16H19N4O5P. The molecule has 0 fully saturated rings. The third kappa shape index (κ3) is 5.89. The molecule has 1 amide bonds. The van der Waals surface area contributed by atoms with Crippen LogP contribution in [-0.4, -0.2) is 21.8 Å². The van der Waals surface area contributed by atoms with Gasteiger partial charge in [0.25, 0.3) is 0 Å². The number of carbonyl (C=O) groups excluding carboxylic acids is 1. The first-order valence-corrected chi connectivity index (χ1v) is 9.16. The van der Waals surface area contributed by atoms with Gasteiger partial charge < -0.3 is 31.3 Å². The van der Waals surface area contributed by atoms with E-state index in [-0.39, 0.29) is 18.1 Å². The summed E-state index contributed by atoms with van der Waals surface area (Å²) in [6.07, 6.45) is -0.949. The summed E-state index contributed by atoms with van der Waals surface area (Å²) >= 11 is 0. The van der Waals surface area contributed by atoms with E-state index in [2.05, 4.69) is 10.3 Å². The van der Waals surface area contributed by atoms with Crippen molar-refractivity contribution in [2.45, 2.75) is 12.4 Å². The fraction of sp³-hybridized carbons (Fsp3) is 0.125. The van der Waals surface area contributed by atoms with Crippen LogP contribution in [0.15, 0.2) is 59.6 Å². The van der Waals surface area contributed by atoms with E-state index in [1.54, 1.807) is 24.3 Å². The molecule has 0 aliphatic heterocycles. The van der Waals surface area contributed by atoms with Crippen LogP contribution in [0.2, 0.25) is 0 Å². The predicted molar refractivity (Wildman–Crippen MR) is 96.5 cm³/mol. The summed E-state index contributed by atoms with van der Waals surface area (Å²) < 4.78 is 16.8. The Morgan fingerprint density at radius 3 is 2.27 bits per heavy atom. The topological polar surface area (TPSA) is 160 Å². The molecule has 0 saturated heterocycles. The average Bonchev–Trinajstić information content (AvgIpc) is 2.58. The van der Waals surface area contributed by atoms with Gasteiger partial charge in [0.1, 0.15) is 6.61 Å². The quantitative estimate of drug-likeness (QED) is 0.290. The number of alkyl carbamates (subject to hydrolysis) is 1. The van der Waals surface area contributed by atoms with Crippen LogP contribution in [0.5, 0.6) is 0 Å². The van der Waals surface area contributed by atoms with Crippen LogP contribution >= 0.6 is 7.60 Å². The molecule has 2 aromatic carbocycles. The van der Waals surface area contributed by atoms with E-state index in [4.69, 9.17) is 16.2 Å². The lowest BCUT2D eigenvalue weighted by Gasteiger charge is -2.20. The Labute approximate surface area is 149 Å². The van der Waals surface area contributed by atoms with Gasteiger partial charge in [0.2, 0.25) is 0 Å². The minimum atomic E-state index is -4.69. The number of hydrogen-bond donors (Lipinski definition) is 5. The summed E-state index contributed by atoms with van der Waals surface area (Å²) in [5.74, 6) is -1.70. The minimum Gasteiger partial charge on any atom is -0.445 e. The maximum absolute atomic E-state index is 11.9. The van der Waals surface area contributed by atoms with Crippen molar-refractivity contribution in [3.05, 3.63) is 65.7 Å². The van der Waals surface area contributed by atoms with Crippen molar-refractivity contribution >= 4 is 25.3 Å². The standard InChI is InChI=1S/C16H19N4O5P/c17-15(18)19-13-8-6-12(7-9-13)14(26(22,23)24)20-16(21)25-10-11-4-2-1-3-5-11/h1-9,14H,10H2,(H,20,21)(H4,17,18,19)(H2,22,23,24). The van der Waals surface area contributed by atoms with E-state index in [9.17, 15) is 19.1 Å². The number of guanidine groups is 1. The molecule has 2 aromatic rings. The summed E-state index contributed by atoms with van der Waals surface area (Å²) in [4.78, 5) is 34.8. The van der Waals surface area contributed by atoms with Crippen LogP contribution in [-0.2, 0) is 15.9 Å². The zero-order valence-corrected chi connectivity index (χ0v) is 14.5. The largest absolute Gasteiger partial charge is 0.445 e. The highest BCUT2D eigenvalue weighted by Crippen LogP contribution is 2.50. The lowest BCUT2D eigenvalue weighted by molar-refractivity contribution is 0.137. The van der Waals surface area contributed by atoms with Crippen LogP contribution in [0.1, 0.15) is 16.9 Å². The second-order valence-corrected chi connectivity index (χ2v) is 7.02. The molecule has 1 unspecified atom stereocenters. The van der Waals surface area contributed by atoms with Crippen molar-refractivity contribution in [1.82, 2.24) is 5.32 Å². The number of benzene rings is 2. The van der Waals surface area contributed by atoms with E-state index >= 15 is 0 Å². The van der Waals surface area contributed by atoms with Crippen LogP contribution < -0.4 is 16.8 Å². The molecule has 0 heterocycles. The Morgan fingerprint density at radius 1 is 1.12 bits per heavy atom. The third-order valence-corrected chi connectivity index (χ3v) is 4.37. The molecule has 0 aromatic heterocycles. The number of nitrogens with zero attached hydrogens (tertiary/aromatic N) is 1. The summed E-state index contributed by atoms with van der Waals surface area (Å²) in [5, 5.41) is 2.19. The molecule has 0 spiro atoms. The van der Waals surface area contributed by atoms with E-state index in [0.717, 1.165) is 5.56 Å². The van der Waals surface area contributed by atoms with Crippen molar-refractivity contribution < 1.29 is 23.9 Å². The molecule has 138 valence electrons. The SMILES string of the molecule is NC(N)=Nc1ccc(C(NC(=O)OCc2ccccc2)P(=O)(O)O)cc1. The molecule has 0 saturated carbocycles. The smallest absolute Gasteiger partial charge is 0.408 e. The highest BCUT2D eigenvalue weighted by molar-refractivity contribution is 7.52. The monoisotopic (exact) mass is 378 g/mol. The zero-order valence-electron chi connectivity index (χ0n) is 13.6. The molecule has 0 aliphatic carbocycles. The Hall–Kier alpha value is -2.87. The first-order valence-electron chi connectivity index (χ1n) is 7.48. The molecule has 0 radical (unpaired) electrons. The maximum Gasteiger partial charge on any atom is 0.408 e. The van der Waals surface area contributed by atoms with Gasteiger partial charge in [-0.1, -0.05) is 42.5 Å². The van der Waals surface area contributed by atoms with Gasteiger partial charge >= 0.3 is 13.7 Å². The van der Waals surface area contributed by atoms with Gasteiger partial charge in [0, 0.05) is 0 Å². The van der Waals surface area contributed by atoms with Crippen molar-refractivity contribution in [2.24, 2.45) is 16.5 Å². The van der Waals surface area contributed by atoms with Gasteiger partial charge in [-0.15, -0.1) is 0 Å². The Balaban J connectivity index is 2.09. The van der Waals surface area contributed by atoms with E-state index in [1.165, 1.54) is 24.3 Å². The van der Waals surface area contributed by atoms with Crippen molar-refractivity contribution in [2.75, 3.05) is 0 Å². The van der Waals surface area contributed by atoms with Gasteiger partial charge in [-0.25, -0.2) is 9.79 Å². The van der Waals surface area contributed by atoms with E-state index in [1.807, 2.05) is 6.07 Å². The number of rotatable bonds is 6. The van der Waals surface area contributed by atoms with Gasteiger partial charge in [0.15, 0.2) is 11.7 Å². The van der Waals surface area contributed by atoms with Crippen molar-refractivity contribution in [3.63, 3.8) is 0 Å². The molecule has 0 aliphatic rings. The molecule has 2 rings (SSSR count). The summed E-state index contributed by atoms with van der Waals surface area (Å²) in [7, 11) is -4.69. The minimum absolute atomic E-state index is 0.0238. The van der Waals surface area contributed by atoms with Gasteiger partial charge in [-0.05, 0) is 23.3 Å². The molecule has 26 heavy (non-hydrogen) atoms. The van der Waals surface area contributed by atoms with E-state index < -0.39 is 19.5 Å². The second kappa shape index (κ2) is 8.48. The fourth-order valence-electron chi connectivity index (χ4n) is 2.12. The number of nitrogens with two attached hydrogens (primary N) is 2. The number of aliphatic imine (C=N–C) groups is 1. The number of nitrogens with one attached hydrogen (secondary N) is 1. The van der Waals surface area contributed by atoms with Gasteiger partial charge in [0.05, 0.1) is 5.69 Å². The third-order valence-electron chi connectivity index (χ3n) is 3.27. The first kappa shape index (κ1) is 19.5. The number of hydrogen-bond acceptors (Lipinski definition) is 4. The van der Waals surface area contributed by atoms with E-state index in [0.29, 0.717) is 5.69 Å². The fourth-order valence-corrected chi connectivity index (χ4v) is 2.95. The van der Waals surface area contributed by atoms with Crippen LogP contribution in [0, 0.1) is 0 Å². The Morgan fingerprint density at radius 2 is 1.73 bits per heavy atom. The lowest BCUT2D eigenvalue weighted by atomic mass is 10.2. The highest BCUT2D eigenvalue weighted by Gasteiger charge is 2.32. The number of ether oxygens (including phenoxy) is 1. The lowest BCUT2D eigenvalue weighted by Crippen LogP contribution is -2.29. The maximum atomic E-state index is 11.9. The molecule has 7 N–H and O–H groups in total. The van der Waals surface area contributed by atoms with Crippen LogP contribution in [0.3, 0.4) is 0 Å². The second-order valence-electron chi connectivity index (χ2n) is 5.33. The molecule has 0 bridgehead atoms. The number of amides is 1. The molecule has 1 atom stereocenters. The molecular weight excluding hydrogens is 359 g/mol. The number of carbonyl (C=O) groups is 1. The Bertz CT molecular complexity index is 816. The van der Waals surface area contributed by atoms with Crippen LogP contribution in [0.4, 0.5) is 10.5 Å². The van der Waals surface area contributed by atoms with Gasteiger partial charge in [-0.3, -0.25) is 4.57 Å². The highest BCUT2D eigenvalue weighted by atomic mass is 31.2. The summed E-state index contributed by atoms with van der Waals surface area (Å²) in [5.41, 5.74) is 11.9. The van der Waals surface area contributed by atoms with Crippen molar-refractivity contribution in [1.29, 1.82) is 0 Å². The molecule has 9 nitrogen and oxygen atoms in total. The molecule has 10 heteroatoms. The zero-order chi connectivity index (χ0) is 19.2. The Kier molecular flexibility index (Phi) is 6.35. The summed E-state index contributed by atoms with van der Waals surface area (Å²) in [6.45, 7) is -0.0238. The summed E-state index contributed by atoms with van der Waals surface area (Å²) in [6, 6.07) is 14.7. The van der Waals surface area contributed by atoms with Gasteiger partial charge in [-0.2, -0.15) is 0 Å². The first-order chi connectivity index (χ1) is 12.3. The average molecular weight is 378 g/mol. The normalized spacial score (nSPS) is 12.1.